The standard InChI is InChI=1S/C22H36O.C8H14N2O4/c1-14-9-11-21(3)16(13-14)5-6-17-19-8-7-18(15(2)23)22(19,4)12-10-20(17)21;11-7(9-5-8(12)13)6-10-1-3-14-4-2-10/h14,16-20H,5-13H2,1-4H3;1-6H2,(H,9,11)(H,12,13). The normalized spacial score (nSPS) is 41.3. The van der Waals surface area contributed by atoms with Gasteiger partial charge in [-0.3, -0.25) is 19.3 Å². The Balaban J connectivity index is 0.000000197. The molecule has 1 heterocycles. The zero-order chi connectivity index (χ0) is 26.8. The average molecular weight is 519 g/mol. The molecule has 0 bridgehead atoms. The van der Waals surface area contributed by atoms with Crippen LogP contribution >= 0.6 is 0 Å². The van der Waals surface area contributed by atoms with Gasteiger partial charge in [-0.05, 0) is 98.7 Å². The number of amides is 1. The molecule has 4 saturated carbocycles. The van der Waals surface area contributed by atoms with Gasteiger partial charge in [0.2, 0.25) is 5.91 Å². The summed E-state index contributed by atoms with van der Waals surface area (Å²) < 4.78 is 5.11. The summed E-state index contributed by atoms with van der Waals surface area (Å²) in [5, 5.41) is 10.6. The molecule has 210 valence electrons. The van der Waals surface area contributed by atoms with Crippen molar-refractivity contribution in [3.8, 4) is 0 Å². The molecule has 7 heteroatoms. The molecule has 1 amide bonds. The van der Waals surface area contributed by atoms with Gasteiger partial charge >= 0.3 is 5.97 Å². The molecule has 8 atom stereocenters. The fourth-order valence-corrected chi connectivity index (χ4v) is 9.33. The molecular formula is C30H50N2O5. The summed E-state index contributed by atoms with van der Waals surface area (Å²) in [6.07, 6.45) is 12.6. The molecule has 5 aliphatic rings. The minimum atomic E-state index is -1.03. The van der Waals surface area contributed by atoms with Crippen molar-refractivity contribution in [2.75, 3.05) is 39.4 Å². The summed E-state index contributed by atoms with van der Waals surface area (Å²) in [6, 6.07) is 0. The Morgan fingerprint density at radius 3 is 2.30 bits per heavy atom. The summed E-state index contributed by atoms with van der Waals surface area (Å²) in [6.45, 7) is 12.1. The summed E-state index contributed by atoms with van der Waals surface area (Å²) in [5.74, 6) is 4.21. The number of carbonyl (C=O) groups is 3. The maximum absolute atomic E-state index is 12.2. The number of hydrogen-bond acceptors (Lipinski definition) is 5. The van der Waals surface area contributed by atoms with Gasteiger partial charge in [-0.15, -0.1) is 0 Å². The molecule has 8 unspecified atom stereocenters. The van der Waals surface area contributed by atoms with E-state index in [1.165, 1.54) is 57.8 Å². The Morgan fingerprint density at radius 1 is 0.946 bits per heavy atom. The highest BCUT2D eigenvalue weighted by atomic mass is 16.5. The van der Waals surface area contributed by atoms with Gasteiger partial charge in [0.25, 0.3) is 0 Å². The van der Waals surface area contributed by atoms with Crippen LogP contribution in [0, 0.1) is 46.3 Å². The van der Waals surface area contributed by atoms with E-state index in [1.807, 2.05) is 11.8 Å². The molecule has 1 aliphatic heterocycles. The molecule has 1 saturated heterocycles. The Hall–Kier alpha value is -1.47. The Morgan fingerprint density at radius 2 is 1.62 bits per heavy atom. The van der Waals surface area contributed by atoms with Crippen molar-refractivity contribution in [2.45, 2.75) is 85.5 Å². The molecule has 0 aromatic carbocycles. The number of carboxylic acids is 1. The van der Waals surface area contributed by atoms with Crippen LogP contribution < -0.4 is 5.32 Å². The number of ether oxygens (including phenoxy) is 1. The van der Waals surface area contributed by atoms with Crippen LogP contribution in [0.3, 0.4) is 0 Å². The Labute approximate surface area is 223 Å². The van der Waals surface area contributed by atoms with Crippen molar-refractivity contribution in [3.63, 3.8) is 0 Å². The number of carbonyl (C=O) groups excluding carboxylic acids is 2. The summed E-state index contributed by atoms with van der Waals surface area (Å²) in [5.41, 5.74) is 0.948. The van der Waals surface area contributed by atoms with Crippen LogP contribution in [0.2, 0.25) is 0 Å². The van der Waals surface area contributed by atoms with Crippen molar-refractivity contribution in [3.05, 3.63) is 0 Å². The zero-order valence-electron chi connectivity index (χ0n) is 23.6. The molecule has 5 fully saturated rings. The van der Waals surface area contributed by atoms with Gasteiger partial charge in [0.15, 0.2) is 0 Å². The Bertz CT molecular complexity index is 842. The van der Waals surface area contributed by atoms with Crippen LogP contribution in [0.15, 0.2) is 0 Å². The molecular weight excluding hydrogens is 468 g/mol. The second-order valence-electron chi connectivity index (χ2n) is 13.4. The second kappa shape index (κ2) is 11.7. The molecule has 4 aliphatic carbocycles. The van der Waals surface area contributed by atoms with Crippen LogP contribution in [0.1, 0.15) is 85.5 Å². The molecule has 0 aromatic rings. The quantitative estimate of drug-likeness (QED) is 0.560. The third-order valence-corrected chi connectivity index (χ3v) is 11.3. The average Bonchev–Trinajstić information content (AvgIpc) is 3.22. The monoisotopic (exact) mass is 518 g/mol. The maximum Gasteiger partial charge on any atom is 0.322 e. The van der Waals surface area contributed by atoms with Crippen LogP contribution in [-0.2, 0) is 19.1 Å². The van der Waals surface area contributed by atoms with E-state index in [4.69, 9.17) is 9.84 Å². The highest BCUT2D eigenvalue weighted by molar-refractivity contribution is 5.82. The van der Waals surface area contributed by atoms with E-state index in [0.717, 1.165) is 42.7 Å². The molecule has 5 rings (SSSR count). The topological polar surface area (TPSA) is 95.9 Å². The molecule has 7 nitrogen and oxygen atoms in total. The van der Waals surface area contributed by atoms with E-state index in [2.05, 4.69) is 26.1 Å². The first-order valence-corrected chi connectivity index (χ1v) is 14.8. The molecule has 0 spiro atoms. The number of morpholine rings is 1. The number of nitrogens with one attached hydrogen (secondary N) is 1. The minimum absolute atomic E-state index is 0.247. The number of Topliss-reactive ketones (excluding diaryl/α,β-unsaturated/α-hetero) is 1. The molecule has 37 heavy (non-hydrogen) atoms. The Kier molecular flexibility index (Phi) is 9.05. The van der Waals surface area contributed by atoms with Gasteiger partial charge in [-0.1, -0.05) is 27.2 Å². The highest BCUT2D eigenvalue weighted by Gasteiger charge is 2.60. The van der Waals surface area contributed by atoms with Crippen molar-refractivity contribution in [2.24, 2.45) is 46.3 Å². The van der Waals surface area contributed by atoms with Crippen LogP contribution in [0.25, 0.3) is 0 Å². The lowest BCUT2D eigenvalue weighted by molar-refractivity contribution is -0.138. The highest BCUT2D eigenvalue weighted by Crippen LogP contribution is 2.67. The van der Waals surface area contributed by atoms with Gasteiger partial charge < -0.3 is 15.2 Å². The fraction of sp³-hybridized carbons (Fsp3) is 0.900. The van der Waals surface area contributed by atoms with Crippen LogP contribution in [-0.4, -0.2) is 67.1 Å². The number of hydrogen-bond donors (Lipinski definition) is 2. The molecule has 0 aromatic heterocycles. The first kappa shape index (κ1) is 28.5. The number of rotatable bonds is 5. The minimum Gasteiger partial charge on any atom is -0.480 e. The number of aliphatic carboxylic acids is 1. The van der Waals surface area contributed by atoms with E-state index in [1.54, 1.807) is 0 Å². The molecule has 2 N–H and O–H groups in total. The van der Waals surface area contributed by atoms with E-state index in [0.29, 0.717) is 35.7 Å². The molecule has 0 radical (unpaired) electrons. The zero-order valence-corrected chi connectivity index (χ0v) is 23.6. The summed E-state index contributed by atoms with van der Waals surface area (Å²) in [7, 11) is 0. The summed E-state index contributed by atoms with van der Waals surface area (Å²) in [4.78, 5) is 35.4. The number of fused-ring (bicyclic) bond motifs is 5. The van der Waals surface area contributed by atoms with Gasteiger partial charge in [0.1, 0.15) is 12.3 Å². The maximum atomic E-state index is 12.2. The number of carboxylic acid groups (broad SMARTS) is 1. The third-order valence-electron chi connectivity index (χ3n) is 11.3. The van der Waals surface area contributed by atoms with Gasteiger partial charge in [-0.2, -0.15) is 0 Å². The lowest BCUT2D eigenvalue weighted by Gasteiger charge is -2.61. The first-order valence-electron chi connectivity index (χ1n) is 14.8. The van der Waals surface area contributed by atoms with Crippen LogP contribution in [0.4, 0.5) is 0 Å². The van der Waals surface area contributed by atoms with Crippen molar-refractivity contribution in [1.82, 2.24) is 10.2 Å². The predicted octanol–water partition coefficient (Wildman–Crippen LogP) is 4.39. The van der Waals surface area contributed by atoms with Gasteiger partial charge in [0, 0.05) is 19.0 Å². The number of nitrogens with zero attached hydrogens (tertiary/aromatic N) is 1. The van der Waals surface area contributed by atoms with E-state index in [-0.39, 0.29) is 19.0 Å². The largest absolute Gasteiger partial charge is 0.480 e. The van der Waals surface area contributed by atoms with E-state index in [9.17, 15) is 14.4 Å². The fourth-order valence-electron chi connectivity index (χ4n) is 9.33. The SMILES string of the molecule is CC(=O)C1CCC2C3CCC4CC(C)CCC4(C)C3CCC12C.O=C(O)CNC(=O)CN1CCOCC1. The predicted molar refractivity (Wildman–Crippen MR) is 143 cm³/mol. The summed E-state index contributed by atoms with van der Waals surface area (Å²) >= 11 is 0. The first-order chi connectivity index (χ1) is 17.5. The number of ketones is 1. The third kappa shape index (κ3) is 6.08. The van der Waals surface area contributed by atoms with Crippen molar-refractivity contribution >= 4 is 17.7 Å². The van der Waals surface area contributed by atoms with E-state index >= 15 is 0 Å². The lowest BCUT2D eigenvalue weighted by atomic mass is 9.44. The van der Waals surface area contributed by atoms with Crippen LogP contribution in [0.5, 0.6) is 0 Å². The smallest absolute Gasteiger partial charge is 0.322 e. The second-order valence-corrected chi connectivity index (χ2v) is 13.4. The van der Waals surface area contributed by atoms with Gasteiger partial charge in [0.05, 0.1) is 19.8 Å². The van der Waals surface area contributed by atoms with Crippen molar-refractivity contribution in [1.29, 1.82) is 0 Å². The van der Waals surface area contributed by atoms with Gasteiger partial charge in [-0.25, -0.2) is 0 Å². The van der Waals surface area contributed by atoms with E-state index < -0.39 is 5.97 Å². The van der Waals surface area contributed by atoms with Crippen molar-refractivity contribution < 1.29 is 24.2 Å². The lowest BCUT2D eigenvalue weighted by Crippen LogP contribution is -2.53.